The zero-order valence-electron chi connectivity index (χ0n) is 12.8. The zero-order chi connectivity index (χ0) is 15.8. The molecular weight excluding hydrogens is 280 g/mol. The van der Waals surface area contributed by atoms with Crippen molar-refractivity contribution in [1.82, 2.24) is 5.32 Å². The molecule has 3 N–H and O–H groups in total. The number of benzene rings is 1. The molecule has 1 aromatic rings. The van der Waals surface area contributed by atoms with E-state index in [9.17, 15) is 9.59 Å². The van der Waals surface area contributed by atoms with Crippen LogP contribution in [0.1, 0.15) is 44.9 Å². The van der Waals surface area contributed by atoms with Gasteiger partial charge in [0, 0.05) is 0 Å². The van der Waals surface area contributed by atoms with Crippen molar-refractivity contribution in [3.63, 3.8) is 0 Å². The van der Waals surface area contributed by atoms with Crippen LogP contribution in [0, 0.1) is 0 Å². The van der Waals surface area contributed by atoms with Gasteiger partial charge in [-0.3, -0.25) is 9.59 Å². The van der Waals surface area contributed by atoms with Crippen molar-refractivity contribution in [3.05, 3.63) is 30.3 Å². The maximum absolute atomic E-state index is 12.1. The summed E-state index contributed by atoms with van der Waals surface area (Å²) < 4.78 is 5.51. The summed E-state index contributed by atoms with van der Waals surface area (Å²) in [7, 11) is 0. The lowest BCUT2D eigenvalue weighted by atomic mass is 9.89. The Bertz CT molecular complexity index is 494. The van der Waals surface area contributed by atoms with E-state index in [0.717, 1.165) is 31.4 Å². The minimum Gasteiger partial charge on any atom is -0.493 e. The highest BCUT2D eigenvalue weighted by molar-refractivity contribution is 5.90. The quantitative estimate of drug-likeness (QED) is 0.790. The Labute approximate surface area is 131 Å². The first kappa shape index (κ1) is 16.3. The van der Waals surface area contributed by atoms with E-state index in [1.807, 2.05) is 30.3 Å². The number of nitrogens with two attached hydrogens (primary N) is 1. The number of rotatable bonds is 6. The van der Waals surface area contributed by atoms with Gasteiger partial charge in [-0.2, -0.15) is 0 Å². The third kappa shape index (κ3) is 4.48. The molecule has 0 unspecified atom stereocenters. The molecule has 0 bridgehead atoms. The average molecular weight is 304 g/mol. The fourth-order valence-corrected chi connectivity index (χ4v) is 2.87. The molecule has 0 aliphatic heterocycles. The molecule has 0 aromatic heterocycles. The second-order valence-corrected chi connectivity index (χ2v) is 5.82. The third-order valence-electron chi connectivity index (χ3n) is 4.15. The molecular formula is C17H24N2O3. The molecule has 5 nitrogen and oxygen atoms in total. The van der Waals surface area contributed by atoms with Gasteiger partial charge in [0.2, 0.25) is 11.8 Å². The van der Waals surface area contributed by atoms with Gasteiger partial charge in [-0.1, -0.05) is 43.9 Å². The van der Waals surface area contributed by atoms with Crippen LogP contribution < -0.4 is 15.8 Å². The van der Waals surface area contributed by atoms with Gasteiger partial charge in [0.1, 0.15) is 11.3 Å². The van der Waals surface area contributed by atoms with E-state index in [0.29, 0.717) is 12.8 Å². The Balaban J connectivity index is 1.84. The summed E-state index contributed by atoms with van der Waals surface area (Å²) in [5.74, 6) is 0.123. The minimum atomic E-state index is -0.875. The molecule has 22 heavy (non-hydrogen) atoms. The molecule has 0 atom stereocenters. The summed E-state index contributed by atoms with van der Waals surface area (Å²) >= 11 is 0. The molecule has 1 fully saturated rings. The Hall–Kier alpha value is -2.04. The van der Waals surface area contributed by atoms with E-state index in [2.05, 4.69) is 5.32 Å². The molecule has 0 spiro atoms. The highest BCUT2D eigenvalue weighted by atomic mass is 16.5. The monoisotopic (exact) mass is 304 g/mol. The number of nitrogens with one attached hydrogen (secondary N) is 1. The Morgan fingerprint density at radius 1 is 1.09 bits per heavy atom. The van der Waals surface area contributed by atoms with Crippen LogP contribution in [0.15, 0.2) is 30.3 Å². The van der Waals surface area contributed by atoms with Gasteiger partial charge in [0.25, 0.3) is 0 Å². The van der Waals surface area contributed by atoms with E-state index in [1.165, 1.54) is 0 Å². The van der Waals surface area contributed by atoms with Gasteiger partial charge in [0.05, 0.1) is 13.0 Å². The molecule has 0 saturated heterocycles. The van der Waals surface area contributed by atoms with Gasteiger partial charge in [-0.25, -0.2) is 0 Å². The number of primary amides is 1. The van der Waals surface area contributed by atoms with Gasteiger partial charge >= 0.3 is 0 Å². The van der Waals surface area contributed by atoms with E-state index < -0.39 is 11.4 Å². The normalized spacial score (nSPS) is 17.3. The van der Waals surface area contributed by atoms with Gasteiger partial charge in [-0.15, -0.1) is 0 Å². The second kappa shape index (κ2) is 7.82. The topological polar surface area (TPSA) is 81.4 Å². The maximum atomic E-state index is 12.1. The van der Waals surface area contributed by atoms with Crippen LogP contribution in [0.5, 0.6) is 5.75 Å². The van der Waals surface area contributed by atoms with Crippen LogP contribution in [0.2, 0.25) is 0 Å². The Kier molecular flexibility index (Phi) is 5.81. The number of carbonyl (C=O) groups excluding carboxylic acids is 2. The van der Waals surface area contributed by atoms with Crippen molar-refractivity contribution in [2.45, 2.75) is 50.5 Å². The summed E-state index contributed by atoms with van der Waals surface area (Å²) in [5.41, 5.74) is 4.68. The first-order valence-electron chi connectivity index (χ1n) is 7.91. The lowest BCUT2D eigenvalue weighted by molar-refractivity contribution is -0.132. The molecule has 0 radical (unpaired) electrons. The number of hydrogen-bond acceptors (Lipinski definition) is 3. The predicted molar refractivity (Wildman–Crippen MR) is 84.3 cm³/mol. The minimum absolute atomic E-state index is 0.184. The molecule has 1 aromatic carbocycles. The molecule has 0 heterocycles. The largest absolute Gasteiger partial charge is 0.493 e. The first-order valence-corrected chi connectivity index (χ1v) is 7.91. The fourth-order valence-electron chi connectivity index (χ4n) is 2.87. The molecule has 2 rings (SSSR count). The standard InChI is InChI=1S/C17H24N2O3/c18-16(21)17(11-6-1-2-7-12-17)19-15(20)10-13-22-14-8-4-3-5-9-14/h3-5,8-9H,1-2,6-7,10-13H2,(H2,18,21)(H,19,20). The summed E-state index contributed by atoms with van der Waals surface area (Å²) in [6.45, 7) is 0.282. The third-order valence-corrected chi connectivity index (χ3v) is 4.15. The number of ether oxygens (including phenoxy) is 1. The van der Waals surface area contributed by atoms with Crippen LogP contribution in [0.4, 0.5) is 0 Å². The maximum Gasteiger partial charge on any atom is 0.243 e. The van der Waals surface area contributed by atoms with Crippen LogP contribution in [0.3, 0.4) is 0 Å². The van der Waals surface area contributed by atoms with Crippen molar-refractivity contribution in [3.8, 4) is 5.75 Å². The smallest absolute Gasteiger partial charge is 0.243 e. The number of hydrogen-bond donors (Lipinski definition) is 2. The van der Waals surface area contributed by atoms with E-state index in [-0.39, 0.29) is 18.9 Å². The Morgan fingerprint density at radius 3 is 2.32 bits per heavy atom. The molecule has 120 valence electrons. The van der Waals surface area contributed by atoms with Crippen LogP contribution in [-0.4, -0.2) is 24.0 Å². The van der Waals surface area contributed by atoms with Crippen molar-refractivity contribution < 1.29 is 14.3 Å². The average Bonchev–Trinajstić information content (AvgIpc) is 2.75. The summed E-state index contributed by atoms with van der Waals surface area (Å²) in [6, 6.07) is 9.34. The summed E-state index contributed by atoms with van der Waals surface area (Å²) in [4.78, 5) is 24.0. The van der Waals surface area contributed by atoms with Crippen molar-refractivity contribution in [2.24, 2.45) is 5.73 Å². The number of amides is 2. The van der Waals surface area contributed by atoms with Crippen molar-refractivity contribution in [2.75, 3.05) is 6.61 Å². The van der Waals surface area contributed by atoms with Gasteiger partial charge < -0.3 is 15.8 Å². The first-order chi connectivity index (χ1) is 10.6. The van der Waals surface area contributed by atoms with E-state index in [4.69, 9.17) is 10.5 Å². The van der Waals surface area contributed by atoms with Gasteiger partial charge in [0.15, 0.2) is 0 Å². The highest BCUT2D eigenvalue weighted by Crippen LogP contribution is 2.27. The van der Waals surface area contributed by atoms with Crippen LogP contribution in [0.25, 0.3) is 0 Å². The van der Waals surface area contributed by atoms with E-state index in [1.54, 1.807) is 0 Å². The molecule has 1 aliphatic rings. The number of para-hydroxylation sites is 1. The lowest BCUT2D eigenvalue weighted by Crippen LogP contribution is -2.57. The molecule has 2 amide bonds. The molecule has 1 aliphatic carbocycles. The number of carbonyl (C=O) groups is 2. The molecule has 1 saturated carbocycles. The lowest BCUT2D eigenvalue weighted by Gasteiger charge is -2.30. The zero-order valence-corrected chi connectivity index (χ0v) is 12.8. The second-order valence-electron chi connectivity index (χ2n) is 5.82. The fraction of sp³-hybridized carbons (Fsp3) is 0.529. The van der Waals surface area contributed by atoms with Crippen molar-refractivity contribution in [1.29, 1.82) is 0 Å². The molecule has 5 heteroatoms. The van der Waals surface area contributed by atoms with Crippen molar-refractivity contribution >= 4 is 11.8 Å². The summed E-state index contributed by atoms with van der Waals surface area (Å²) in [5, 5.41) is 2.86. The summed E-state index contributed by atoms with van der Waals surface area (Å²) in [6.07, 6.45) is 5.49. The van der Waals surface area contributed by atoms with Crippen LogP contribution >= 0.6 is 0 Å². The van der Waals surface area contributed by atoms with Gasteiger partial charge in [-0.05, 0) is 25.0 Å². The Morgan fingerprint density at radius 2 is 1.73 bits per heavy atom. The predicted octanol–water partition coefficient (Wildman–Crippen LogP) is 2.15. The van der Waals surface area contributed by atoms with E-state index >= 15 is 0 Å². The van der Waals surface area contributed by atoms with Crippen LogP contribution in [-0.2, 0) is 9.59 Å². The highest BCUT2D eigenvalue weighted by Gasteiger charge is 2.38. The SMILES string of the molecule is NC(=O)C1(NC(=O)CCOc2ccccc2)CCCCCC1.